The highest BCUT2D eigenvalue weighted by Crippen LogP contribution is 2.42. The van der Waals surface area contributed by atoms with Gasteiger partial charge in [-0.3, -0.25) is 9.69 Å². The zero-order valence-electron chi connectivity index (χ0n) is 15.9. The Labute approximate surface area is 148 Å². The van der Waals surface area contributed by atoms with Crippen molar-refractivity contribution in [1.82, 2.24) is 14.7 Å². The Bertz CT molecular complexity index is 409. The van der Waals surface area contributed by atoms with Crippen LogP contribution in [0.2, 0.25) is 0 Å². The van der Waals surface area contributed by atoms with Crippen LogP contribution in [0.15, 0.2) is 0 Å². The van der Waals surface area contributed by atoms with E-state index in [1.807, 2.05) is 0 Å². The zero-order chi connectivity index (χ0) is 17.0. The minimum atomic E-state index is 0.414. The third kappa shape index (κ3) is 4.51. The minimum absolute atomic E-state index is 0.414. The molecule has 1 aliphatic carbocycles. The van der Waals surface area contributed by atoms with Crippen molar-refractivity contribution in [3.05, 3.63) is 0 Å². The van der Waals surface area contributed by atoms with Gasteiger partial charge < -0.3 is 9.80 Å². The van der Waals surface area contributed by atoms with Crippen LogP contribution in [0.1, 0.15) is 64.7 Å². The van der Waals surface area contributed by atoms with Gasteiger partial charge in [0.05, 0.1) is 0 Å². The fraction of sp³-hybridized carbons (Fsp3) is 0.950. The Balaban J connectivity index is 1.42. The van der Waals surface area contributed by atoms with Gasteiger partial charge in [0.1, 0.15) is 0 Å². The first kappa shape index (κ1) is 18.2. The predicted molar refractivity (Wildman–Crippen MR) is 99.1 cm³/mol. The molecular weight excluding hydrogens is 298 g/mol. The number of hydrogen-bond donors (Lipinski definition) is 0. The summed E-state index contributed by atoms with van der Waals surface area (Å²) in [6, 6.07) is 0.539. The van der Waals surface area contributed by atoms with E-state index >= 15 is 0 Å². The van der Waals surface area contributed by atoms with E-state index in [0.29, 0.717) is 17.4 Å². The molecule has 4 heteroatoms. The number of likely N-dealkylation sites (N-methyl/N-ethyl adjacent to an activating group) is 1. The number of amides is 1. The lowest BCUT2D eigenvalue weighted by molar-refractivity contribution is -0.131. The molecule has 1 amide bonds. The number of nitrogens with zero attached hydrogens (tertiary/aromatic N) is 3. The Hall–Kier alpha value is -0.610. The van der Waals surface area contributed by atoms with Gasteiger partial charge in [0.25, 0.3) is 0 Å². The van der Waals surface area contributed by atoms with Gasteiger partial charge in [0.15, 0.2) is 0 Å². The summed E-state index contributed by atoms with van der Waals surface area (Å²) in [4.78, 5) is 19.8. The van der Waals surface area contributed by atoms with Crippen LogP contribution in [-0.2, 0) is 4.79 Å². The van der Waals surface area contributed by atoms with Crippen LogP contribution < -0.4 is 0 Å². The molecule has 4 nitrogen and oxygen atoms in total. The maximum Gasteiger partial charge on any atom is 0.222 e. The second kappa shape index (κ2) is 8.18. The van der Waals surface area contributed by atoms with Crippen LogP contribution in [0.4, 0.5) is 0 Å². The Morgan fingerprint density at radius 1 is 0.958 bits per heavy atom. The molecule has 0 bridgehead atoms. The van der Waals surface area contributed by atoms with Crippen molar-refractivity contribution in [3.63, 3.8) is 0 Å². The van der Waals surface area contributed by atoms with E-state index in [1.54, 1.807) is 0 Å². The van der Waals surface area contributed by atoms with Crippen LogP contribution in [0.25, 0.3) is 0 Å². The van der Waals surface area contributed by atoms with E-state index in [-0.39, 0.29) is 0 Å². The molecule has 0 radical (unpaired) electrons. The van der Waals surface area contributed by atoms with Gasteiger partial charge in [-0.05, 0) is 45.1 Å². The highest BCUT2D eigenvalue weighted by atomic mass is 16.2. The monoisotopic (exact) mass is 335 g/mol. The van der Waals surface area contributed by atoms with Gasteiger partial charge in [-0.1, -0.05) is 25.7 Å². The average molecular weight is 336 g/mol. The molecule has 2 saturated heterocycles. The smallest absolute Gasteiger partial charge is 0.222 e. The maximum absolute atomic E-state index is 12.7. The second-order valence-corrected chi connectivity index (χ2v) is 8.71. The van der Waals surface area contributed by atoms with Crippen molar-refractivity contribution >= 4 is 5.91 Å². The summed E-state index contributed by atoms with van der Waals surface area (Å²) in [6.45, 7) is 8.99. The number of hydrogen-bond acceptors (Lipinski definition) is 3. The quantitative estimate of drug-likeness (QED) is 0.790. The van der Waals surface area contributed by atoms with Gasteiger partial charge >= 0.3 is 0 Å². The average Bonchev–Trinajstić information content (AvgIpc) is 2.86. The molecule has 2 aliphatic heterocycles. The van der Waals surface area contributed by atoms with Crippen molar-refractivity contribution in [2.45, 2.75) is 70.8 Å². The van der Waals surface area contributed by atoms with E-state index in [1.165, 1.54) is 44.9 Å². The summed E-state index contributed by atoms with van der Waals surface area (Å²) in [5, 5.41) is 0. The molecule has 2 heterocycles. The molecule has 1 atom stereocenters. The Morgan fingerprint density at radius 2 is 1.62 bits per heavy atom. The third-order valence-corrected chi connectivity index (χ3v) is 6.89. The first-order valence-corrected chi connectivity index (χ1v) is 10.3. The van der Waals surface area contributed by atoms with Crippen LogP contribution in [-0.4, -0.2) is 73.0 Å². The SMILES string of the molecule is C[C@@H](CCC(=O)N1CCC2(CCCCCC2)C1)N1CCN(C)CC1. The number of carbonyl (C=O) groups excluding carboxylic acids is 1. The third-order valence-electron chi connectivity index (χ3n) is 6.89. The summed E-state index contributed by atoms with van der Waals surface area (Å²) in [5.41, 5.74) is 0.481. The van der Waals surface area contributed by atoms with Gasteiger partial charge in [-0.2, -0.15) is 0 Å². The zero-order valence-corrected chi connectivity index (χ0v) is 15.9. The van der Waals surface area contributed by atoms with Crippen molar-refractivity contribution < 1.29 is 4.79 Å². The molecule has 1 saturated carbocycles. The molecule has 0 N–H and O–H groups in total. The molecule has 24 heavy (non-hydrogen) atoms. The summed E-state index contributed by atoms with van der Waals surface area (Å²) < 4.78 is 0. The fourth-order valence-electron chi connectivity index (χ4n) is 4.97. The standard InChI is InChI=1S/C20H37N3O/c1-18(22-15-13-21(2)14-16-22)7-8-19(24)23-12-11-20(17-23)9-5-3-4-6-10-20/h18H,3-17H2,1-2H3/t18-/m0/s1. The lowest BCUT2D eigenvalue weighted by atomic mass is 9.80. The molecule has 0 aromatic rings. The molecule has 3 rings (SSSR count). The number of likely N-dealkylation sites (tertiary alicyclic amines) is 1. The lowest BCUT2D eigenvalue weighted by Gasteiger charge is -2.36. The molecule has 1 spiro atoms. The molecule has 3 fully saturated rings. The molecular formula is C20H37N3O. The van der Waals surface area contributed by atoms with E-state index < -0.39 is 0 Å². The van der Waals surface area contributed by atoms with E-state index in [4.69, 9.17) is 0 Å². The summed E-state index contributed by atoms with van der Waals surface area (Å²) in [7, 11) is 2.20. The lowest BCUT2D eigenvalue weighted by Crippen LogP contribution is -2.48. The maximum atomic E-state index is 12.7. The van der Waals surface area contributed by atoms with Gasteiger partial charge in [0, 0.05) is 51.7 Å². The van der Waals surface area contributed by atoms with Crippen LogP contribution in [0.5, 0.6) is 0 Å². The molecule has 0 aromatic heterocycles. The highest BCUT2D eigenvalue weighted by Gasteiger charge is 2.39. The number of rotatable bonds is 4. The number of carbonyl (C=O) groups is 1. The Kier molecular flexibility index (Phi) is 6.20. The first-order chi connectivity index (χ1) is 11.6. The summed E-state index contributed by atoms with van der Waals surface area (Å²) in [6.07, 6.45) is 11.3. The van der Waals surface area contributed by atoms with Gasteiger partial charge in [-0.15, -0.1) is 0 Å². The van der Waals surface area contributed by atoms with Crippen molar-refractivity contribution in [2.75, 3.05) is 46.3 Å². The van der Waals surface area contributed by atoms with E-state index in [2.05, 4.69) is 28.7 Å². The topological polar surface area (TPSA) is 26.8 Å². The Morgan fingerprint density at radius 3 is 2.29 bits per heavy atom. The summed E-state index contributed by atoms with van der Waals surface area (Å²) in [5.74, 6) is 0.414. The first-order valence-electron chi connectivity index (χ1n) is 10.3. The van der Waals surface area contributed by atoms with Crippen LogP contribution >= 0.6 is 0 Å². The predicted octanol–water partition coefficient (Wildman–Crippen LogP) is 2.98. The largest absolute Gasteiger partial charge is 0.342 e. The normalized spacial score (nSPS) is 27.3. The molecule has 138 valence electrons. The molecule has 0 unspecified atom stereocenters. The van der Waals surface area contributed by atoms with Crippen molar-refractivity contribution in [1.29, 1.82) is 0 Å². The van der Waals surface area contributed by atoms with E-state index in [9.17, 15) is 4.79 Å². The molecule has 0 aromatic carbocycles. The van der Waals surface area contributed by atoms with Crippen LogP contribution in [0.3, 0.4) is 0 Å². The van der Waals surface area contributed by atoms with Crippen LogP contribution in [0, 0.1) is 5.41 Å². The van der Waals surface area contributed by atoms with Gasteiger partial charge in [0.2, 0.25) is 5.91 Å². The van der Waals surface area contributed by atoms with Gasteiger partial charge in [-0.25, -0.2) is 0 Å². The highest BCUT2D eigenvalue weighted by molar-refractivity contribution is 5.76. The second-order valence-electron chi connectivity index (χ2n) is 8.71. The van der Waals surface area contributed by atoms with Crippen molar-refractivity contribution in [2.24, 2.45) is 5.41 Å². The number of piperazine rings is 1. The minimum Gasteiger partial charge on any atom is -0.342 e. The molecule has 3 aliphatic rings. The summed E-state index contributed by atoms with van der Waals surface area (Å²) >= 11 is 0. The fourth-order valence-corrected chi connectivity index (χ4v) is 4.97. The van der Waals surface area contributed by atoms with E-state index in [0.717, 1.165) is 52.1 Å². The van der Waals surface area contributed by atoms with Crippen molar-refractivity contribution in [3.8, 4) is 0 Å².